The SMILES string of the molecule is CC(C)(C)[C@H](N)C(=O)NCc1ccc(CN2CCC(O)CC2)cc1. The molecule has 1 aromatic carbocycles. The lowest BCUT2D eigenvalue weighted by molar-refractivity contribution is -0.124. The lowest BCUT2D eigenvalue weighted by atomic mass is 9.87. The first-order chi connectivity index (χ1) is 11.3. The number of amides is 1. The van der Waals surface area contributed by atoms with E-state index in [0.29, 0.717) is 6.54 Å². The third kappa shape index (κ3) is 5.58. The molecule has 1 atom stereocenters. The zero-order chi connectivity index (χ0) is 17.7. The minimum absolute atomic E-state index is 0.113. The van der Waals surface area contributed by atoms with Crippen molar-refractivity contribution in [1.82, 2.24) is 10.2 Å². The zero-order valence-corrected chi connectivity index (χ0v) is 15.1. The molecule has 1 aliphatic rings. The highest BCUT2D eigenvalue weighted by atomic mass is 16.3. The highest BCUT2D eigenvalue weighted by Crippen LogP contribution is 2.17. The van der Waals surface area contributed by atoms with Crippen LogP contribution in [0.2, 0.25) is 0 Å². The van der Waals surface area contributed by atoms with Crippen molar-refractivity contribution < 1.29 is 9.90 Å². The van der Waals surface area contributed by atoms with Gasteiger partial charge in [-0.1, -0.05) is 45.0 Å². The quantitative estimate of drug-likeness (QED) is 0.765. The first-order valence-corrected chi connectivity index (χ1v) is 8.77. The van der Waals surface area contributed by atoms with E-state index in [2.05, 4.69) is 34.5 Å². The molecule has 0 bridgehead atoms. The molecule has 0 saturated carbocycles. The number of nitrogens with two attached hydrogens (primary N) is 1. The van der Waals surface area contributed by atoms with Crippen molar-refractivity contribution in [3.8, 4) is 0 Å². The largest absolute Gasteiger partial charge is 0.393 e. The number of rotatable bonds is 5. The molecule has 0 aliphatic carbocycles. The van der Waals surface area contributed by atoms with Crippen LogP contribution in [0.5, 0.6) is 0 Å². The normalized spacial score (nSPS) is 18.4. The molecule has 1 saturated heterocycles. The molecule has 0 unspecified atom stereocenters. The Kier molecular flexibility index (Phi) is 6.38. The van der Waals surface area contributed by atoms with Crippen LogP contribution in [-0.4, -0.2) is 41.1 Å². The van der Waals surface area contributed by atoms with Crippen LogP contribution in [0.4, 0.5) is 0 Å². The van der Waals surface area contributed by atoms with Crippen LogP contribution in [0.3, 0.4) is 0 Å². The maximum absolute atomic E-state index is 12.1. The van der Waals surface area contributed by atoms with Gasteiger partial charge in [-0.05, 0) is 29.4 Å². The van der Waals surface area contributed by atoms with Crippen molar-refractivity contribution >= 4 is 5.91 Å². The summed E-state index contributed by atoms with van der Waals surface area (Å²) in [6, 6.07) is 7.81. The third-order valence-electron chi connectivity index (χ3n) is 4.67. The van der Waals surface area contributed by atoms with Gasteiger partial charge in [-0.3, -0.25) is 9.69 Å². The van der Waals surface area contributed by atoms with Gasteiger partial charge >= 0.3 is 0 Å². The molecular weight excluding hydrogens is 302 g/mol. The molecule has 1 heterocycles. The van der Waals surface area contributed by atoms with Crippen molar-refractivity contribution in [3.05, 3.63) is 35.4 Å². The Morgan fingerprint density at radius 2 is 1.79 bits per heavy atom. The van der Waals surface area contributed by atoms with Crippen LogP contribution >= 0.6 is 0 Å². The summed E-state index contributed by atoms with van der Waals surface area (Å²) >= 11 is 0. The smallest absolute Gasteiger partial charge is 0.237 e. The standard InChI is InChI=1S/C19H31N3O2/c1-19(2,3)17(20)18(24)21-12-14-4-6-15(7-5-14)13-22-10-8-16(23)9-11-22/h4-7,16-17,23H,8-13,20H2,1-3H3,(H,21,24)/t17-/m1/s1. The lowest BCUT2D eigenvalue weighted by Gasteiger charge is -2.29. The van der Waals surface area contributed by atoms with Crippen LogP contribution in [0.1, 0.15) is 44.7 Å². The predicted molar refractivity (Wildman–Crippen MR) is 96.2 cm³/mol. The number of likely N-dealkylation sites (tertiary alicyclic amines) is 1. The molecule has 1 amide bonds. The molecule has 4 N–H and O–H groups in total. The monoisotopic (exact) mass is 333 g/mol. The molecule has 1 aromatic rings. The minimum Gasteiger partial charge on any atom is -0.393 e. The Hall–Kier alpha value is -1.43. The number of aliphatic hydroxyl groups excluding tert-OH is 1. The van der Waals surface area contributed by atoms with Crippen molar-refractivity contribution in [2.24, 2.45) is 11.1 Å². The summed E-state index contributed by atoms with van der Waals surface area (Å²) in [7, 11) is 0. The van der Waals surface area contributed by atoms with Crippen LogP contribution in [0.25, 0.3) is 0 Å². The van der Waals surface area contributed by atoms with Crippen molar-refractivity contribution in [2.75, 3.05) is 13.1 Å². The molecule has 5 heteroatoms. The fraction of sp³-hybridized carbons (Fsp3) is 0.632. The van der Waals surface area contributed by atoms with E-state index < -0.39 is 6.04 Å². The summed E-state index contributed by atoms with van der Waals surface area (Å²) in [4.78, 5) is 14.4. The predicted octanol–water partition coefficient (Wildman–Crippen LogP) is 1.63. The van der Waals surface area contributed by atoms with Gasteiger partial charge in [-0.25, -0.2) is 0 Å². The number of piperidine rings is 1. The molecule has 134 valence electrons. The van der Waals surface area contributed by atoms with E-state index in [0.717, 1.165) is 38.0 Å². The molecule has 0 aromatic heterocycles. The van der Waals surface area contributed by atoms with Crippen molar-refractivity contribution in [1.29, 1.82) is 0 Å². The van der Waals surface area contributed by atoms with E-state index in [1.54, 1.807) is 0 Å². The van der Waals surface area contributed by atoms with E-state index in [4.69, 9.17) is 5.73 Å². The number of aliphatic hydroxyl groups is 1. The second-order valence-electron chi connectivity index (χ2n) is 7.89. The number of carbonyl (C=O) groups excluding carboxylic acids is 1. The average Bonchev–Trinajstić information content (AvgIpc) is 2.54. The first-order valence-electron chi connectivity index (χ1n) is 8.77. The van der Waals surface area contributed by atoms with E-state index in [9.17, 15) is 9.90 Å². The first kappa shape index (κ1) is 18.9. The molecule has 0 radical (unpaired) electrons. The second kappa shape index (κ2) is 8.10. The van der Waals surface area contributed by atoms with Gasteiger partial charge in [0.1, 0.15) is 0 Å². The van der Waals surface area contributed by atoms with Gasteiger partial charge in [0.15, 0.2) is 0 Å². The van der Waals surface area contributed by atoms with Gasteiger partial charge in [-0.2, -0.15) is 0 Å². The van der Waals surface area contributed by atoms with Gasteiger partial charge in [0, 0.05) is 26.2 Å². The molecule has 5 nitrogen and oxygen atoms in total. The Morgan fingerprint density at radius 3 is 2.33 bits per heavy atom. The molecule has 1 fully saturated rings. The number of hydrogen-bond acceptors (Lipinski definition) is 4. The summed E-state index contributed by atoms with van der Waals surface area (Å²) in [5, 5.41) is 12.5. The minimum atomic E-state index is -0.508. The Bertz CT molecular complexity index is 529. The fourth-order valence-electron chi connectivity index (χ4n) is 2.79. The van der Waals surface area contributed by atoms with Crippen molar-refractivity contribution in [3.63, 3.8) is 0 Å². The van der Waals surface area contributed by atoms with Crippen molar-refractivity contribution in [2.45, 2.75) is 58.8 Å². The molecule has 24 heavy (non-hydrogen) atoms. The van der Waals surface area contributed by atoms with Gasteiger partial charge in [0.05, 0.1) is 12.1 Å². The van der Waals surface area contributed by atoms with E-state index in [-0.39, 0.29) is 17.4 Å². The highest BCUT2D eigenvalue weighted by Gasteiger charge is 2.27. The summed E-state index contributed by atoms with van der Waals surface area (Å²) in [6.07, 6.45) is 1.59. The topological polar surface area (TPSA) is 78.6 Å². The van der Waals surface area contributed by atoms with E-state index in [1.807, 2.05) is 20.8 Å². The zero-order valence-electron chi connectivity index (χ0n) is 15.1. The van der Waals surface area contributed by atoms with E-state index in [1.165, 1.54) is 5.56 Å². The average molecular weight is 333 g/mol. The molecule has 2 rings (SSSR count). The number of carbonyl (C=O) groups is 1. The summed E-state index contributed by atoms with van der Waals surface area (Å²) in [5.41, 5.74) is 8.05. The fourth-order valence-corrected chi connectivity index (χ4v) is 2.79. The molecule has 1 aliphatic heterocycles. The maximum atomic E-state index is 12.1. The molecule has 0 spiro atoms. The Labute approximate surface area is 145 Å². The lowest BCUT2D eigenvalue weighted by Crippen LogP contribution is -2.48. The Balaban J connectivity index is 1.81. The van der Waals surface area contributed by atoms with Crippen LogP contribution in [0.15, 0.2) is 24.3 Å². The van der Waals surface area contributed by atoms with Crippen LogP contribution in [-0.2, 0) is 17.9 Å². The number of hydrogen-bond donors (Lipinski definition) is 3. The number of benzene rings is 1. The van der Waals surface area contributed by atoms with Crippen LogP contribution in [0, 0.1) is 5.41 Å². The van der Waals surface area contributed by atoms with E-state index >= 15 is 0 Å². The summed E-state index contributed by atoms with van der Waals surface area (Å²) in [6.45, 7) is 9.20. The molecular formula is C19H31N3O2. The Morgan fingerprint density at radius 1 is 1.25 bits per heavy atom. The second-order valence-corrected chi connectivity index (χ2v) is 7.89. The number of nitrogens with one attached hydrogen (secondary N) is 1. The van der Waals surface area contributed by atoms with Crippen LogP contribution < -0.4 is 11.1 Å². The highest BCUT2D eigenvalue weighted by molar-refractivity contribution is 5.82. The maximum Gasteiger partial charge on any atom is 0.237 e. The third-order valence-corrected chi connectivity index (χ3v) is 4.67. The number of nitrogens with zero attached hydrogens (tertiary/aromatic N) is 1. The van der Waals surface area contributed by atoms with Gasteiger partial charge in [0.25, 0.3) is 0 Å². The van der Waals surface area contributed by atoms with Gasteiger partial charge < -0.3 is 16.2 Å². The van der Waals surface area contributed by atoms with Gasteiger partial charge in [0.2, 0.25) is 5.91 Å². The summed E-state index contributed by atoms with van der Waals surface area (Å²) < 4.78 is 0. The summed E-state index contributed by atoms with van der Waals surface area (Å²) in [5.74, 6) is -0.113. The van der Waals surface area contributed by atoms with Gasteiger partial charge in [-0.15, -0.1) is 0 Å².